The molecule has 3 N–H and O–H groups in total. The molecule has 3 heterocycles. The summed E-state index contributed by atoms with van der Waals surface area (Å²) in [4.78, 5) is 27.0. The molecule has 0 aliphatic carbocycles. The van der Waals surface area contributed by atoms with Crippen LogP contribution >= 0.6 is 23.2 Å². The highest BCUT2D eigenvalue weighted by molar-refractivity contribution is 6.34. The molecule has 2 aromatic carbocycles. The number of methoxy groups -OCH3 is 1. The Balaban J connectivity index is 1.77. The van der Waals surface area contributed by atoms with E-state index in [1.54, 1.807) is 52.8 Å². The maximum atomic E-state index is 13.8. The van der Waals surface area contributed by atoms with Crippen LogP contribution in [0.4, 0.5) is 0 Å². The van der Waals surface area contributed by atoms with Gasteiger partial charge in [0.05, 0.1) is 24.4 Å². The number of carbonyl (C=O) groups is 2. The molecule has 0 saturated carbocycles. The smallest absolute Gasteiger partial charge is 0.276 e. The molecule has 1 aliphatic heterocycles. The normalized spacial score (nSPS) is 12.4. The lowest BCUT2D eigenvalue weighted by Gasteiger charge is -2.31. The summed E-state index contributed by atoms with van der Waals surface area (Å²) in [6.07, 6.45) is 1.67. The van der Waals surface area contributed by atoms with Crippen LogP contribution in [0, 0.1) is 6.92 Å². The molecule has 0 fully saturated rings. The van der Waals surface area contributed by atoms with E-state index in [9.17, 15) is 9.59 Å². The molecule has 0 radical (unpaired) electrons. The Morgan fingerprint density at radius 2 is 1.83 bits per heavy atom. The van der Waals surface area contributed by atoms with Crippen LogP contribution in [0.3, 0.4) is 0 Å². The van der Waals surface area contributed by atoms with Crippen molar-refractivity contribution in [3.05, 3.63) is 63.5 Å². The van der Waals surface area contributed by atoms with Crippen LogP contribution in [0.25, 0.3) is 28.1 Å². The van der Waals surface area contributed by atoms with E-state index >= 15 is 0 Å². The zero-order valence-corrected chi connectivity index (χ0v) is 25.1. The number of hydrogen-bond acceptors (Lipinski definition) is 5. The number of carbonyl (C=O) groups excluding carboxylic acids is 2. The SMILES string of the molecule is COc1cc2c(cc1-c1cnn(CC(N)=O)c1C)-c1c(c(C(=O)N(C)C(C)(C)C)[nH][n+]1-c1cc(Cl)cc(Cl)c1)CO2. The predicted octanol–water partition coefficient (Wildman–Crippen LogP) is 4.69. The number of nitrogens with one attached hydrogen (secondary N) is 1. The Labute approximate surface area is 247 Å². The van der Waals surface area contributed by atoms with Gasteiger partial charge in [0.1, 0.15) is 24.7 Å². The van der Waals surface area contributed by atoms with E-state index in [1.165, 1.54) is 0 Å². The first-order valence-corrected chi connectivity index (χ1v) is 13.6. The fourth-order valence-corrected chi connectivity index (χ4v) is 5.35. The number of hydrogen-bond donors (Lipinski definition) is 2. The molecule has 2 aromatic heterocycles. The molecule has 0 atom stereocenters. The molecule has 0 unspecified atom stereocenters. The van der Waals surface area contributed by atoms with E-state index in [0.29, 0.717) is 44.1 Å². The van der Waals surface area contributed by atoms with Crippen LogP contribution in [-0.2, 0) is 17.9 Å². The number of nitrogens with zero attached hydrogens (tertiary/aromatic N) is 4. The zero-order valence-electron chi connectivity index (χ0n) is 23.6. The molecule has 10 nitrogen and oxygen atoms in total. The fourth-order valence-electron chi connectivity index (χ4n) is 4.84. The summed E-state index contributed by atoms with van der Waals surface area (Å²) < 4.78 is 15.3. The van der Waals surface area contributed by atoms with E-state index in [2.05, 4.69) is 10.2 Å². The maximum absolute atomic E-state index is 13.8. The van der Waals surface area contributed by atoms with Crippen molar-refractivity contribution in [2.75, 3.05) is 14.2 Å². The Morgan fingerprint density at radius 1 is 1.15 bits per heavy atom. The molecule has 41 heavy (non-hydrogen) atoms. The van der Waals surface area contributed by atoms with Gasteiger partial charge in [0.2, 0.25) is 11.6 Å². The second-order valence-corrected chi connectivity index (χ2v) is 11.8. The van der Waals surface area contributed by atoms with Gasteiger partial charge in [0.15, 0.2) is 5.69 Å². The summed E-state index contributed by atoms with van der Waals surface area (Å²) in [6.45, 7) is 7.86. The van der Waals surface area contributed by atoms with Gasteiger partial charge in [-0.1, -0.05) is 27.9 Å². The van der Waals surface area contributed by atoms with Gasteiger partial charge in [-0.2, -0.15) is 10.2 Å². The molecule has 5 rings (SSSR count). The first-order chi connectivity index (χ1) is 19.3. The summed E-state index contributed by atoms with van der Waals surface area (Å²) in [6, 6.07) is 8.92. The number of aromatic amines is 1. The Morgan fingerprint density at radius 3 is 2.44 bits per heavy atom. The Hall–Kier alpha value is -4.02. The minimum absolute atomic E-state index is 0.0492. The summed E-state index contributed by atoms with van der Waals surface area (Å²) in [5.74, 6) is 0.448. The maximum Gasteiger partial charge on any atom is 0.276 e. The van der Waals surface area contributed by atoms with Gasteiger partial charge in [0.25, 0.3) is 11.6 Å². The summed E-state index contributed by atoms with van der Waals surface area (Å²) in [5.41, 5.74) is 10.4. The van der Waals surface area contributed by atoms with Crippen LogP contribution in [-0.4, -0.2) is 51.3 Å². The van der Waals surface area contributed by atoms with Crippen LogP contribution in [0.5, 0.6) is 11.5 Å². The average molecular weight is 599 g/mol. The fraction of sp³-hybridized carbons (Fsp3) is 0.310. The van der Waals surface area contributed by atoms with Gasteiger partial charge in [-0.25, -0.2) is 0 Å². The third-order valence-corrected chi connectivity index (χ3v) is 7.73. The number of benzene rings is 2. The van der Waals surface area contributed by atoms with Crippen molar-refractivity contribution in [2.24, 2.45) is 5.73 Å². The second-order valence-electron chi connectivity index (χ2n) is 10.9. The number of rotatable bonds is 6. The van der Waals surface area contributed by atoms with Gasteiger partial charge in [0, 0.05) is 57.7 Å². The van der Waals surface area contributed by atoms with Crippen LogP contribution in [0.1, 0.15) is 42.5 Å². The van der Waals surface area contributed by atoms with E-state index in [0.717, 1.165) is 22.5 Å². The van der Waals surface area contributed by atoms with Crippen molar-refractivity contribution in [1.82, 2.24) is 19.8 Å². The number of nitrogens with two attached hydrogens (primary N) is 1. The molecule has 2 amide bonds. The van der Waals surface area contributed by atoms with Gasteiger partial charge in [-0.05, 0) is 39.8 Å². The molecule has 0 bridgehead atoms. The molecule has 0 spiro atoms. The first-order valence-electron chi connectivity index (χ1n) is 12.9. The van der Waals surface area contributed by atoms with E-state index in [4.69, 9.17) is 38.4 Å². The Bertz CT molecular complexity index is 1680. The lowest BCUT2D eigenvalue weighted by molar-refractivity contribution is -0.644. The minimum atomic E-state index is -0.496. The molecular weight excluding hydrogens is 567 g/mol. The number of halogens is 2. The van der Waals surface area contributed by atoms with Gasteiger partial charge >= 0.3 is 0 Å². The van der Waals surface area contributed by atoms with Gasteiger partial charge in [-0.3, -0.25) is 14.3 Å². The van der Waals surface area contributed by atoms with E-state index in [-0.39, 0.29) is 19.1 Å². The number of primary amides is 1. The highest BCUT2D eigenvalue weighted by Gasteiger charge is 2.39. The van der Waals surface area contributed by atoms with Crippen LogP contribution in [0.15, 0.2) is 36.5 Å². The van der Waals surface area contributed by atoms with E-state index < -0.39 is 11.4 Å². The van der Waals surface area contributed by atoms with Crippen molar-refractivity contribution in [1.29, 1.82) is 0 Å². The molecule has 12 heteroatoms. The molecule has 4 aromatic rings. The highest BCUT2D eigenvalue weighted by atomic mass is 35.5. The number of ether oxygens (including phenoxy) is 2. The molecule has 214 valence electrons. The topological polar surface area (TPSA) is 119 Å². The molecule has 1 aliphatic rings. The molecule has 0 saturated heterocycles. The summed E-state index contributed by atoms with van der Waals surface area (Å²) in [5, 5.41) is 8.56. The number of H-pyrrole nitrogens is 1. The van der Waals surface area contributed by atoms with Gasteiger partial charge < -0.3 is 20.1 Å². The summed E-state index contributed by atoms with van der Waals surface area (Å²) >= 11 is 12.8. The van der Waals surface area contributed by atoms with Crippen molar-refractivity contribution < 1.29 is 23.7 Å². The van der Waals surface area contributed by atoms with Crippen molar-refractivity contribution in [2.45, 2.75) is 46.4 Å². The zero-order chi connectivity index (χ0) is 29.8. The van der Waals surface area contributed by atoms with Crippen LogP contribution < -0.4 is 19.9 Å². The quantitative estimate of drug-likeness (QED) is 0.312. The lowest BCUT2D eigenvalue weighted by Crippen LogP contribution is -2.43. The first kappa shape index (κ1) is 28.5. The van der Waals surface area contributed by atoms with Crippen molar-refractivity contribution in [3.8, 4) is 39.6 Å². The largest absolute Gasteiger partial charge is 0.496 e. The van der Waals surface area contributed by atoms with Gasteiger partial charge in [-0.15, -0.1) is 0 Å². The predicted molar refractivity (Wildman–Crippen MR) is 156 cm³/mol. The minimum Gasteiger partial charge on any atom is -0.496 e. The lowest BCUT2D eigenvalue weighted by atomic mass is 9.96. The van der Waals surface area contributed by atoms with Crippen molar-refractivity contribution >= 4 is 35.0 Å². The highest BCUT2D eigenvalue weighted by Crippen LogP contribution is 2.45. The number of amides is 2. The Kier molecular flexibility index (Phi) is 7.25. The monoisotopic (exact) mass is 597 g/mol. The van der Waals surface area contributed by atoms with E-state index in [1.807, 2.05) is 39.8 Å². The number of aromatic nitrogens is 4. The summed E-state index contributed by atoms with van der Waals surface area (Å²) in [7, 11) is 3.34. The molecular formula is C29H31Cl2N6O4+. The standard InChI is InChI=1S/C29H30Cl2N6O4/c1-15-21(12-33-36(15)13-25(32)38)19-10-20-24(11-23(19)40-6)41-14-22-26(28(39)35(5)29(2,3)4)34-37(27(20)22)18-8-16(30)7-17(31)9-18/h7-12H,13-14H2,1-6H3,(H2,32,38)/p+1. The third-order valence-electron chi connectivity index (χ3n) is 7.29. The third kappa shape index (κ3) is 5.13. The van der Waals surface area contributed by atoms with Crippen LogP contribution in [0.2, 0.25) is 10.0 Å². The van der Waals surface area contributed by atoms with Crippen molar-refractivity contribution in [3.63, 3.8) is 0 Å². The average Bonchev–Trinajstić information content (AvgIpc) is 3.46. The second kappa shape index (κ2) is 10.4. The number of fused-ring (bicyclic) bond motifs is 3.